The average molecular weight is 377 g/mol. The summed E-state index contributed by atoms with van der Waals surface area (Å²) < 4.78 is 5.14. The fourth-order valence-electron chi connectivity index (χ4n) is 2.90. The van der Waals surface area contributed by atoms with E-state index in [4.69, 9.17) is 4.42 Å². The number of hydrogen-bond acceptors (Lipinski definition) is 4. The van der Waals surface area contributed by atoms with Crippen molar-refractivity contribution >= 4 is 17.5 Å². The molecule has 2 aromatic heterocycles. The molecule has 0 aliphatic carbocycles. The number of anilines is 1. The zero-order chi connectivity index (χ0) is 20.1. The fraction of sp³-hybridized carbons (Fsp3) is 0.227. The van der Waals surface area contributed by atoms with Crippen molar-refractivity contribution < 1.29 is 14.0 Å². The van der Waals surface area contributed by atoms with Gasteiger partial charge in [-0.2, -0.15) is 0 Å². The predicted octanol–water partition coefficient (Wildman–Crippen LogP) is 3.90. The Kier molecular flexibility index (Phi) is 5.89. The van der Waals surface area contributed by atoms with Crippen LogP contribution in [0.15, 0.2) is 59.3 Å². The summed E-state index contributed by atoms with van der Waals surface area (Å²) in [5.74, 6) is 0.151. The number of hydrogen-bond donors (Lipinski definition) is 2. The largest absolute Gasteiger partial charge is 0.469 e. The molecule has 3 rings (SSSR count). The number of nitrogens with one attached hydrogen (secondary N) is 2. The van der Waals surface area contributed by atoms with Crippen LogP contribution in [0, 0.1) is 13.8 Å². The molecule has 2 amide bonds. The molecule has 2 heterocycles. The van der Waals surface area contributed by atoms with Crippen molar-refractivity contribution in [2.45, 2.75) is 33.2 Å². The molecule has 1 aromatic carbocycles. The Morgan fingerprint density at radius 3 is 2.46 bits per heavy atom. The number of aryl methyl sites for hydroxylation is 2. The zero-order valence-corrected chi connectivity index (χ0v) is 16.2. The van der Waals surface area contributed by atoms with Gasteiger partial charge in [-0.05, 0) is 62.7 Å². The number of carbonyl (C=O) groups excluding carboxylic acids is 2. The minimum absolute atomic E-state index is 0.0513. The Bertz CT molecular complexity index is 977. The van der Waals surface area contributed by atoms with E-state index in [2.05, 4.69) is 15.6 Å². The van der Waals surface area contributed by atoms with Crippen LogP contribution in [0.4, 0.5) is 5.69 Å². The molecule has 1 atom stereocenters. The number of nitrogens with zero attached hydrogens (tertiary/aromatic N) is 1. The van der Waals surface area contributed by atoms with E-state index in [9.17, 15) is 9.59 Å². The first kappa shape index (κ1) is 19.4. The summed E-state index contributed by atoms with van der Waals surface area (Å²) in [4.78, 5) is 29.0. The van der Waals surface area contributed by atoms with Crippen molar-refractivity contribution in [3.8, 4) is 0 Å². The van der Waals surface area contributed by atoms with Crippen LogP contribution in [0.3, 0.4) is 0 Å². The Labute approximate surface area is 164 Å². The Morgan fingerprint density at radius 2 is 1.82 bits per heavy atom. The van der Waals surface area contributed by atoms with E-state index < -0.39 is 0 Å². The van der Waals surface area contributed by atoms with Gasteiger partial charge >= 0.3 is 0 Å². The number of furan rings is 1. The second-order valence-electron chi connectivity index (χ2n) is 6.77. The summed E-state index contributed by atoms with van der Waals surface area (Å²) in [6.07, 6.45) is 3.90. The Balaban J connectivity index is 1.58. The van der Waals surface area contributed by atoms with Gasteiger partial charge in [-0.25, -0.2) is 0 Å². The van der Waals surface area contributed by atoms with Crippen molar-refractivity contribution in [3.63, 3.8) is 0 Å². The van der Waals surface area contributed by atoms with Gasteiger partial charge in [0.05, 0.1) is 11.8 Å². The molecule has 0 aliphatic rings. The molecule has 144 valence electrons. The third-order valence-electron chi connectivity index (χ3n) is 4.50. The lowest BCUT2D eigenvalue weighted by Crippen LogP contribution is -2.34. The summed E-state index contributed by atoms with van der Waals surface area (Å²) in [5, 5.41) is 5.78. The molecule has 6 heteroatoms. The maximum atomic E-state index is 12.5. The molecule has 0 spiro atoms. The Morgan fingerprint density at radius 1 is 1.07 bits per heavy atom. The molecule has 0 aliphatic heterocycles. The standard InChI is InChI=1S/C22H23N3O3/c1-14-5-4-11-23-20(14)13-15(2)24-21(26)17-6-8-18(9-7-17)25-22(27)19-10-12-28-16(19)3/h4-12,15H,13H2,1-3H3,(H,24,26)(H,25,27). The second-order valence-corrected chi connectivity index (χ2v) is 6.77. The molecule has 0 bridgehead atoms. The molecule has 0 saturated carbocycles. The van der Waals surface area contributed by atoms with Crippen LogP contribution in [0.5, 0.6) is 0 Å². The van der Waals surface area contributed by atoms with Crippen molar-refractivity contribution in [2.24, 2.45) is 0 Å². The van der Waals surface area contributed by atoms with E-state index in [1.165, 1.54) is 6.26 Å². The van der Waals surface area contributed by atoms with E-state index in [-0.39, 0.29) is 17.9 Å². The summed E-state index contributed by atoms with van der Waals surface area (Å²) in [7, 11) is 0. The monoisotopic (exact) mass is 377 g/mol. The SMILES string of the molecule is Cc1cccnc1CC(C)NC(=O)c1ccc(NC(=O)c2ccoc2C)cc1. The number of pyridine rings is 1. The summed E-state index contributed by atoms with van der Waals surface area (Å²) in [5.41, 5.74) is 3.71. The van der Waals surface area contributed by atoms with E-state index in [0.29, 0.717) is 29.0 Å². The highest BCUT2D eigenvalue weighted by atomic mass is 16.3. The van der Waals surface area contributed by atoms with Gasteiger partial charge < -0.3 is 15.1 Å². The van der Waals surface area contributed by atoms with Crippen molar-refractivity contribution in [1.82, 2.24) is 10.3 Å². The zero-order valence-electron chi connectivity index (χ0n) is 16.2. The average Bonchev–Trinajstić information content (AvgIpc) is 3.10. The lowest BCUT2D eigenvalue weighted by atomic mass is 10.1. The maximum Gasteiger partial charge on any atom is 0.259 e. The van der Waals surface area contributed by atoms with Gasteiger partial charge in [-0.1, -0.05) is 6.07 Å². The third kappa shape index (κ3) is 4.65. The lowest BCUT2D eigenvalue weighted by Gasteiger charge is -2.15. The van der Waals surface area contributed by atoms with Crippen molar-refractivity contribution in [3.05, 3.63) is 83.1 Å². The van der Waals surface area contributed by atoms with E-state index >= 15 is 0 Å². The first-order valence-corrected chi connectivity index (χ1v) is 9.11. The van der Waals surface area contributed by atoms with Crippen LogP contribution >= 0.6 is 0 Å². The smallest absolute Gasteiger partial charge is 0.259 e. The fourth-order valence-corrected chi connectivity index (χ4v) is 2.90. The van der Waals surface area contributed by atoms with Gasteiger partial charge in [0.25, 0.3) is 11.8 Å². The minimum Gasteiger partial charge on any atom is -0.469 e. The number of carbonyl (C=O) groups is 2. The van der Waals surface area contributed by atoms with Gasteiger partial charge in [0.2, 0.25) is 0 Å². The normalized spacial score (nSPS) is 11.7. The molecule has 0 saturated heterocycles. The van der Waals surface area contributed by atoms with Crippen molar-refractivity contribution in [2.75, 3.05) is 5.32 Å². The van der Waals surface area contributed by atoms with Crippen LogP contribution in [-0.2, 0) is 6.42 Å². The summed E-state index contributed by atoms with van der Waals surface area (Å²) in [6.45, 7) is 5.69. The second kappa shape index (κ2) is 8.52. The highest BCUT2D eigenvalue weighted by molar-refractivity contribution is 6.05. The first-order valence-electron chi connectivity index (χ1n) is 9.11. The molecule has 3 aromatic rings. The topological polar surface area (TPSA) is 84.2 Å². The predicted molar refractivity (Wildman–Crippen MR) is 107 cm³/mol. The van der Waals surface area contributed by atoms with Crippen LogP contribution in [0.2, 0.25) is 0 Å². The molecule has 6 nitrogen and oxygen atoms in total. The van der Waals surface area contributed by atoms with E-state index in [1.54, 1.807) is 43.5 Å². The van der Waals surface area contributed by atoms with E-state index in [0.717, 1.165) is 11.3 Å². The van der Waals surface area contributed by atoms with E-state index in [1.807, 2.05) is 26.0 Å². The molecule has 1 unspecified atom stereocenters. The maximum absolute atomic E-state index is 12.5. The van der Waals surface area contributed by atoms with Gasteiger partial charge in [0.15, 0.2) is 0 Å². The number of benzene rings is 1. The van der Waals surface area contributed by atoms with Crippen LogP contribution in [0.25, 0.3) is 0 Å². The number of aromatic nitrogens is 1. The van der Waals surface area contributed by atoms with Crippen LogP contribution < -0.4 is 10.6 Å². The minimum atomic E-state index is -0.247. The molecule has 28 heavy (non-hydrogen) atoms. The molecule has 0 radical (unpaired) electrons. The Hall–Kier alpha value is -3.41. The third-order valence-corrected chi connectivity index (χ3v) is 4.50. The molecular weight excluding hydrogens is 354 g/mol. The van der Waals surface area contributed by atoms with Crippen molar-refractivity contribution in [1.29, 1.82) is 0 Å². The van der Waals surface area contributed by atoms with Gasteiger partial charge in [0, 0.05) is 35.6 Å². The molecular formula is C22H23N3O3. The highest BCUT2D eigenvalue weighted by Gasteiger charge is 2.14. The molecule has 0 fully saturated rings. The summed E-state index contributed by atoms with van der Waals surface area (Å²) >= 11 is 0. The highest BCUT2D eigenvalue weighted by Crippen LogP contribution is 2.15. The van der Waals surface area contributed by atoms with Gasteiger partial charge in [-0.15, -0.1) is 0 Å². The van der Waals surface area contributed by atoms with Gasteiger partial charge in [0.1, 0.15) is 5.76 Å². The lowest BCUT2D eigenvalue weighted by molar-refractivity contribution is 0.0939. The molecule has 2 N–H and O–H groups in total. The quantitative estimate of drug-likeness (QED) is 0.682. The number of amides is 2. The van der Waals surface area contributed by atoms with Crippen LogP contribution in [0.1, 0.15) is 44.7 Å². The van der Waals surface area contributed by atoms with Gasteiger partial charge in [-0.3, -0.25) is 14.6 Å². The number of rotatable bonds is 6. The van der Waals surface area contributed by atoms with Crippen LogP contribution in [-0.4, -0.2) is 22.8 Å². The first-order chi connectivity index (χ1) is 13.4. The summed E-state index contributed by atoms with van der Waals surface area (Å²) in [6, 6.07) is 12.3.